The monoisotopic (exact) mass is 482 g/mol. The summed E-state index contributed by atoms with van der Waals surface area (Å²) in [5.41, 5.74) is 0.293. The van der Waals surface area contributed by atoms with Gasteiger partial charge in [0.25, 0.3) is 17.4 Å². The Kier molecular flexibility index (Phi) is 5.43. The van der Waals surface area contributed by atoms with Crippen molar-refractivity contribution in [3.05, 3.63) is 104 Å². The van der Waals surface area contributed by atoms with Crippen molar-refractivity contribution >= 4 is 39.1 Å². The van der Waals surface area contributed by atoms with Crippen molar-refractivity contribution in [2.75, 3.05) is 0 Å². The molecule has 1 aliphatic heterocycles. The Bertz CT molecular complexity index is 1200. The number of hydrogen-bond donors (Lipinski definition) is 1. The van der Waals surface area contributed by atoms with E-state index in [9.17, 15) is 24.8 Å². The predicted octanol–water partition coefficient (Wildman–Crippen LogP) is 4.57. The van der Waals surface area contributed by atoms with Gasteiger partial charge in [0.2, 0.25) is 0 Å². The Morgan fingerprint density at radius 2 is 1.87 bits per heavy atom. The van der Waals surface area contributed by atoms with Crippen LogP contribution in [0.5, 0.6) is 0 Å². The molecule has 3 aromatic rings. The van der Waals surface area contributed by atoms with Gasteiger partial charge in [-0.3, -0.25) is 19.7 Å². The zero-order valence-corrected chi connectivity index (χ0v) is 17.5. The smallest absolute Gasteiger partial charge is 0.296 e. The highest BCUT2D eigenvalue weighted by Gasteiger charge is 2.46. The minimum atomic E-state index is -0.891. The van der Waals surface area contributed by atoms with Gasteiger partial charge in [-0.25, -0.2) is 0 Å². The second-order valence-electron chi connectivity index (χ2n) is 6.87. The van der Waals surface area contributed by atoms with E-state index in [2.05, 4.69) is 15.9 Å². The fourth-order valence-electron chi connectivity index (χ4n) is 3.53. The third-order valence-electron chi connectivity index (χ3n) is 4.96. The number of aliphatic hydroxyl groups is 1. The number of nitro benzene ring substituents is 1. The summed E-state index contributed by atoms with van der Waals surface area (Å²) in [6.07, 6.45) is 1.46. The van der Waals surface area contributed by atoms with E-state index in [-0.39, 0.29) is 23.4 Å². The molecular weight excluding hydrogens is 468 g/mol. The summed E-state index contributed by atoms with van der Waals surface area (Å²) in [7, 11) is 0. The number of carbonyl (C=O) groups is 2. The van der Waals surface area contributed by atoms with Crippen LogP contribution in [-0.4, -0.2) is 26.6 Å². The highest BCUT2D eigenvalue weighted by atomic mass is 79.9. The first-order valence-corrected chi connectivity index (χ1v) is 9.97. The first-order chi connectivity index (χ1) is 14.9. The number of halogens is 1. The topological polar surface area (TPSA) is 114 Å². The predicted molar refractivity (Wildman–Crippen MR) is 114 cm³/mol. The molecule has 0 bridgehead atoms. The fraction of sp³-hybridized carbons (Fsp3) is 0.0909. The first-order valence-electron chi connectivity index (χ1n) is 9.18. The molecule has 1 saturated heterocycles. The second-order valence-corrected chi connectivity index (χ2v) is 7.78. The number of Topliss-reactive ketones (excluding diaryl/α,β-unsaturated/α-hetero) is 1. The van der Waals surface area contributed by atoms with Crippen LogP contribution in [-0.2, 0) is 16.1 Å². The Hall–Kier alpha value is -3.72. The molecule has 9 heteroatoms. The van der Waals surface area contributed by atoms with Crippen molar-refractivity contribution in [2.24, 2.45) is 0 Å². The van der Waals surface area contributed by atoms with Gasteiger partial charge >= 0.3 is 0 Å². The number of non-ortho nitro benzene ring substituents is 1. The molecule has 2 heterocycles. The van der Waals surface area contributed by atoms with E-state index in [0.717, 1.165) is 10.5 Å². The van der Waals surface area contributed by atoms with Gasteiger partial charge in [-0.1, -0.05) is 40.2 Å². The molecule has 8 nitrogen and oxygen atoms in total. The van der Waals surface area contributed by atoms with Crippen LogP contribution in [0.3, 0.4) is 0 Å². The number of rotatable bonds is 5. The lowest BCUT2D eigenvalue weighted by Crippen LogP contribution is -2.29. The van der Waals surface area contributed by atoms with Crippen molar-refractivity contribution < 1.29 is 24.0 Å². The Labute approximate surface area is 184 Å². The van der Waals surface area contributed by atoms with Gasteiger partial charge in [0.1, 0.15) is 11.5 Å². The molecule has 4 rings (SSSR count). The second kappa shape index (κ2) is 8.19. The number of carbonyl (C=O) groups excluding carboxylic acids is 2. The third kappa shape index (κ3) is 3.87. The van der Waals surface area contributed by atoms with Crippen LogP contribution in [0, 0.1) is 10.1 Å². The summed E-state index contributed by atoms with van der Waals surface area (Å²) >= 11 is 3.36. The lowest BCUT2D eigenvalue weighted by molar-refractivity contribution is -0.384. The molecule has 1 atom stereocenters. The SMILES string of the molecule is O=C1C(=O)N(Cc2ccco2)[C@H](c2ccc(Br)cc2)/C1=C(\O)c1cccc([N+](=O)[O-])c1. The molecule has 0 spiro atoms. The summed E-state index contributed by atoms with van der Waals surface area (Å²) < 4.78 is 6.14. The van der Waals surface area contributed by atoms with Crippen LogP contribution < -0.4 is 0 Å². The van der Waals surface area contributed by atoms with Gasteiger partial charge in [0, 0.05) is 22.2 Å². The van der Waals surface area contributed by atoms with Gasteiger partial charge in [-0.05, 0) is 29.8 Å². The molecule has 0 saturated carbocycles. The molecular formula is C22H15BrN2O6. The molecule has 0 radical (unpaired) electrons. The average molecular weight is 483 g/mol. The van der Waals surface area contributed by atoms with E-state index < -0.39 is 28.4 Å². The van der Waals surface area contributed by atoms with Crippen LogP contribution in [0.25, 0.3) is 5.76 Å². The fourth-order valence-corrected chi connectivity index (χ4v) is 3.79. The molecule has 1 fully saturated rings. The van der Waals surface area contributed by atoms with E-state index in [1.165, 1.54) is 29.4 Å². The van der Waals surface area contributed by atoms with Crippen LogP contribution in [0.15, 0.2) is 81.4 Å². The van der Waals surface area contributed by atoms with E-state index >= 15 is 0 Å². The largest absolute Gasteiger partial charge is 0.507 e. The van der Waals surface area contributed by atoms with Gasteiger partial charge in [-0.2, -0.15) is 0 Å². The maximum absolute atomic E-state index is 12.9. The Balaban J connectivity index is 1.87. The van der Waals surface area contributed by atoms with Crippen molar-refractivity contribution in [3.8, 4) is 0 Å². The number of furan rings is 1. The summed E-state index contributed by atoms with van der Waals surface area (Å²) in [6.45, 7) is 0.0179. The number of nitro groups is 1. The average Bonchev–Trinajstić information content (AvgIpc) is 3.36. The maximum Gasteiger partial charge on any atom is 0.296 e. The van der Waals surface area contributed by atoms with Crippen molar-refractivity contribution in [1.29, 1.82) is 0 Å². The maximum atomic E-state index is 12.9. The number of likely N-dealkylation sites (tertiary alicyclic amines) is 1. The number of amides is 1. The first kappa shape index (κ1) is 20.5. The van der Waals surface area contributed by atoms with Crippen molar-refractivity contribution in [1.82, 2.24) is 4.90 Å². The van der Waals surface area contributed by atoms with Crippen molar-refractivity contribution in [2.45, 2.75) is 12.6 Å². The number of nitrogens with zero attached hydrogens (tertiary/aromatic N) is 2. The molecule has 156 valence electrons. The van der Waals surface area contributed by atoms with Crippen molar-refractivity contribution in [3.63, 3.8) is 0 Å². The molecule has 0 unspecified atom stereocenters. The van der Waals surface area contributed by atoms with Gasteiger partial charge < -0.3 is 14.4 Å². The van der Waals surface area contributed by atoms with Gasteiger partial charge in [-0.15, -0.1) is 0 Å². The normalized spacial score (nSPS) is 17.8. The van der Waals surface area contributed by atoms with E-state index in [4.69, 9.17) is 4.42 Å². The zero-order chi connectivity index (χ0) is 22.1. The molecule has 31 heavy (non-hydrogen) atoms. The number of benzene rings is 2. The number of hydrogen-bond acceptors (Lipinski definition) is 6. The summed E-state index contributed by atoms with van der Waals surface area (Å²) in [4.78, 5) is 37.7. The standard InChI is InChI=1S/C22H15BrN2O6/c23-15-8-6-13(7-9-15)19-18(20(26)14-3-1-4-16(11-14)25(29)30)21(27)22(28)24(19)12-17-5-2-10-31-17/h1-11,19,26H,12H2/b20-18+/t19-/m1/s1. The molecule has 1 N–H and O–H groups in total. The highest BCUT2D eigenvalue weighted by Crippen LogP contribution is 2.40. The molecule has 1 aromatic heterocycles. The number of aliphatic hydroxyl groups excluding tert-OH is 1. The van der Waals surface area contributed by atoms with Gasteiger partial charge in [0.15, 0.2) is 0 Å². The van der Waals surface area contributed by atoms with Crippen LogP contribution in [0.4, 0.5) is 5.69 Å². The highest BCUT2D eigenvalue weighted by molar-refractivity contribution is 9.10. The van der Waals surface area contributed by atoms with E-state index in [1.54, 1.807) is 36.4 Å². The minimum Gasteiger partial charge on any atom is -0.507 e. The molecule has 0 aliphatic carbocycles. The quantitative estimate of drug-likeness (QED) is 0.187. The lowest BCUT2D eigenvalue weighted by Gasteiger charge is -2.24. The minimum absolute atomic E-state index is 0.0179. The summed E-state index contributed by atoms with van der Waals surface area (Å²) in [6, 6.07) is 14.7. The van der Waals surface area contributed by atoms with Crippen LogP contribution in [0.1, 0.15) is 22.9 Å². The lowest BCUT2D eigenvalue weighted by atomic mass is 9.95. The summed E-state index contributed by atoms with van der Waals surface area (Å²) in [5, 5.41) is 22.1. The number of ketones is 1. The zero-order valence-electron chi connectivity index (χ0n) is 15.9. The van der Waals surface area contributed by atoms with E-state index in [1.807, 2.05) is 0 Å². The Morgan fingerprint density at radius 1 is 1.13 bits per heavy atom. The molecule has 1 aliphatic rings. The van der Waals surface area contributed by atoms with Gasteiger partial charge in [0.05, 0.1) is 29.3 Å². The van der Waals surface area contributed by atoms with E-state index in [0.29, 0.717) is 11.3 Å². The molecule has 2 aromatic carbocycles. The van der Waals surface area contributed by atoms with Crippen LogP contribution >= 0.6 is 15.9 Å². The van der Waals surface area contributed by atoms with Crippen LogP contribution in [0.2, 0.25) is 0 Å². The summed E-state index contributed by atoms with van der Waals surface area (Å²) in [5.74, 6) is -1.67. The third-order valence-corrected chi connectivity index (χ3v) is 5.49. The Morgan fingerprint density at radius 3 is 2.52 bits per heavy atom. The molecule has 1 amide bonds.